The monoisotopic (exact) mass is 637 g/mol. The molecule has 0 aliphatic heterocycles. The third-order valence-electron chi connectivity index (χ3n) is 10.3. The van der Waals surface area contributed by atoms with Gasteiger partial charge in [-0.1, -0.05) is 164 Å². The van der Waals surface area contributed by atoms with Gasteiger partial charge in [0.05, 0.1) is 5.92 Å². The van der Waals surface area contributed by atoms with E-state index in [1.54, 1.807) is 0 Å². The third kappa shape index (κ3) is 4.62. The Balaban J connectivity index is 1.19. The molecule has 2 unspecified atom stereocenters. The molecule has 1 aromatic heterocycles. The van der Waals surface area contributed by atoms with Crippen molar-refractivity contribution in [2.75, 3.05) is 0 Å². The van der Waals surface area contributed by atoms with Crippen molar-refractivity contribution in [1.82, 2.24) is 15.0 Å². The smallest absolute Gasteiger partial charge is 0.163 e. The van der Waals surface area contributed by atoms with Gasteiger partial charge in [0.15, 0.2) is 11.6 Å². The van der Waals surface area contributed by atoms with E-state index in [2.05, 4.69) is 152 Å². The minimum Gasteiger partial charge on any atom is -0.212 e. The maximum Gasteiger partial charge on any atom is 0.163 e. The highest BCUT2D eigenvalue weighted by Crippen LogP contribution is 2.55. The van der Waals surface area contributed by atoms with E-state index in [9.17, 15) is 0 Å². The van der Waals surface area contributed by atoms with Gasteiger partial charge in [-0.25, -0.2) is 15.0 Å². The molecule has 7 aromatic carbocycles. The number of aromatic nitrogens is 3. The predicted molar refractivity (Wildman–Crippen MR) is 202 cm³/mol. The first-order valence-electron chi connectivity index (χ1n) is 17.2. The molecule has 2 aliphatic carbocycles. The number of hydrogen-bond donors (Lipinski definition) is 0. The van der Waals surface area contributed by atoms with Crippen molar-refractivity contribution in [3.8, 4) is 56.2 Å². The first-order valence-corrected chi connectivity index (χ1v) is 17.2. The molecule has 0 fully saturated rings. The Bertz CT molecular complexity index is 2540. The minimum absolute atomic E-state index is 0.145. The summed E-state index contributed by atoms with van der Waals surface area (Å²) in [6.07, 6.45) is 0. The molecule has 2 aliphatic rings. The lowest BCUT2D eigenvalue weighted by atomic mass is 9.86. The number of rotatable bonds is 5. The van der Waals surface area contributed by atoms with Gasteiger partial charge >= 0.3 is 0 Å². The van der Waals surface area contributed by atoms with E-state index in [0.717, 1.165) is 28.1 Å². The van der Waals surface area contributed by atoms with Crippen molar-refractivity contribution >= 4 is 0 Å². The summed E-state index contributed by atoms with van der Waals surface area (Å²) in [6, 6.07) is 62.7. The highest BCUT2D eigenvalue weighted by Gasteiger charge is 2.37. The molecule has 234 valence electrons. The normalized spacial score (nSPS) is 15.2. The van der Waals surface area contributed by atoms with Gasteiger partial charge < -0.3 is 0 Å². The summed E-state index contributed by atoms with van der Waals surface area (Å²) in [5.74, 6) is 2.13. The van der Waals surface area contributed by atoms with Crippen molar-refractivity contribution in [1.29, 1.82) is 0 Å². The summed E-state index contributed by atoms with van der Waals surface area (Å²) in [7, 11) is 0. The molecule has 1 heterocycles. The lowest BCUT2D eigenvalue weighted by molar-refractivity contribution is 0.853. The molecule has 0 amide bonds. The highest BCUT2D eigenvalue weighted by molar-refractivity contribution is 5.90. The van der Waals surface area contributed by atoms with Crippen LogP contribution in [0, 0.1) is 0 Å². The van der Waals surface area contributed by atoms with Gasteiger partial charge in [0.2, 0.25) is 0 Å². The summed E-state index contributed by atoms with van der Waals surface area (Å²) < 4.78 is 0. The average Bonchev–Trinajstić information content (AvgIpc) is 3.70. The largest absolute Gasteiger partial charge is 0.212 e. The van der Waals surface area contributed by atoms with Crippen LogP contribution in [0.4, 0.5) is 0 Å². The summed E-state index contributed by atoms with van der Waals surface area (Å²) in [4.78, 5) is 15.7. The zero-order valence-corrected chi connectivity index (χ0v) is 27.2. The van der Waals surface area contributed by atoms with Crippen LogP contribution in [-0.4, -0.2) is 15.0 Å². The second-order valence-electron chi connectivity index (χ2n) is 13.1. The van der Waals surface area contributed by atoms with E-state index in [0.29, 0.717) is 11.6 Å². The van der Waals surface area contributed by atoms with E-state index in [4.69, 9.17) is 15.0 Å². The molecule has 50 heavy (non-hydrogen) atoms. The van der Waals surface area contributed by atoms with E-state index in [1.165, 1.54) is 50.1 Å². The minimum atomic E-state index is -0.145. The van der Waals surface area contributed by atoms with Gasteiger partial charge in [0, 0.05) is 17.0 Å². The van der Waals surface area contributed by atoms with Crippen LogP contribution >= 0.6 is 0 Å². The molecule has 0 spiro atoms. The number of hydrogen-bond acceptors (Lipinski definition) is 3. The fourth-order valence-electron chi connectivity index (χ4n) is 8.02. The standard InChI is InChI=1S/C47H31N3/c1-4-15-30(16-5-1)33-21-14-22-34(27-33)46-48-45(32-19-8-3-9-20-32)49-47(50-46)44-38-26-13-11-24-36(38)40-28-39-35-23-10-12-25-37(35)43(41(39)29-42(40)44)31-17-6-2-7-18-31/h1-29,43-44H. The Hall–Kier alpha value is -6.45. The van der Waals surface area contributed by atoms with Crippen molar-refractivity contribution in [3.05, 3.63) is 210 Å². The molecule has 3 heteroatoms. The van der Waals surface area contributed by atoms with Gasteiger partial charge in [0.1, 0.15) is 5.82 Å². The highest BCUT2D eigenvalue weighted by atomic mass is 15.0. The van der Waals surface area contributed by atoms with E-state index in [1.807, 2.05) is 24.3 Å². The molecular formula is C47H31N3. The maximum atomic E-state index is 5.33. The molecule has 10 rings (SSSR count). The zero-order valence-electron chi connectivity index (χ0n) is 27.2. The number of nitrogens with zero attached hydrogens (tertiary/aromatic N) is 3. The third-order valence-corrected chi connectivity index (χ3v) is 10.3. The summed E-state index contributed by atoms with van der Waals surface area (Å²) in [6.45, 7) is 0. The molecule has 8 aromatic rings. The van der Waals surface area contributed by atoms with Crippen molar-refractivity contribution < 1.29 is 0 Å². The Morgan fingerprint density at radius 1 is 0.300 bits per heavy atom. The van der Waals surface area contributed by atoms with Crippen LogP contribution in [0.1, 0.15) is 45.5 Å². The average molecular weight is 638 g/mol. The molecule has 0 N–H and O–H groups in total. The molecule has 2 atom stereocenters. The lowest BCUT2D eigenvalue weighted by Gasteiger charge is -2.18. The van der Waals surface area contributed by atoms with E-state index in [-0.39, 0.29) is 11.8 Å². The summed E-state index contributed by atoms with van der Waals surface area (Å²) in [5, 5.41) is 0. The maximum absolute atomic E-state index is 5.33. The van der Waals surface area contributed by atoms with Gasteiger partial charge in [0.25, 0.3) is 0 Å². The molecular weight excluding hydrogens is 607 g/mol. The SMILES string of the molecule is c1ccc(-c2cccc(-c3nc(-c4ccccc4)nc(C4c5ccccc5-c5cc6c(cc54)C(c4ccccc4)c4ccccc4-6)n3)c2)cc1. The molecule has 0 radical (unpaired) electrons. The quantitative estimate of drug-likeness (QED) is 0.188. The fourth-order valence-corrected chi connectivity index (χ4v) is 8.02. The van der Waals surface area contributed by atoms with Crippen LogP contribution in [0.2, 0.25) is 0 Å². The van der Waals surface area contributed by atoms with Gasteiger partial charge in [-0.2, -0.15) is 0 Å². The lowest BCUT2D eigenvalue weighted by Crippen LogP contribution is -2.10. The van der Waals surface area contributed by atoms with Gasteiger partial charge in [-0.15, -0.1) is 0 Å². The topological polar surface area (TPSA) is 38.7 Å². The van der Waals surface area contributed by atoms with Crippen LogP contribution in [0.5, 0.6) is 0 Å². The van der Waals surface area contributed by atoms with Gasteiger partial charge in [-0.05, 0) is 73.3 Å². The molecule has 0 bridgehead atoms. The van der Waals surface area contributed by atoms with Crippen molar-refractivity contribution in [2.24, 2.45) is 0 Å². The van der Waals surface area contributed by atoms with Crippen LogP contribution < -0.4 is 0 Å². The second kappa shape index (κ2) is 11.6. The number of benzene rings is 7. The first-order chi connectivity index (χ1) is 24.8. The van der Waals surface area contributed by atoms with Crippen molar-refractivity contribution in [3.63, 3.8) is 0 Å². The Morgan fingerprint density at radius 3 is 1.48 bits per heavy atom. The first kappa shape index (κ1) is 28.6. The Kier molecular flexibility index (Phi) is 6.63. The Morgan fingerprint density at radius 2 is 0.800 bits per heavy atom. The summed E-state index contributed by atoms with van der Waals surface area (Å²) >= 11 is 0. The molecule has 0 saturated carbocycles. The van der Waals surface area contributed by atoms with Gasteiger partial charge in [-0.3, -0.25) is 0 Å². The predicted octanol–water partition coefficient (Wildman–Crippen LogP) is 11.2. The Labute approximate surface area is 291 Å². The zero-order chi connectivity index (χ0) is 33.0. The second-order valence-corrected chi connectivity index (χ2v) is 13.1. The number of fused-ring (bicyclic) bond motifs is 6. The van der Waals surface area contributed by atoms with Crippen LogP contribution in [0.15, 0.2) is 176 Å². The van der Waals surface area contributed by atoms with E-state index < -0.39 is 0 Å². The molecule has 3 nitrogen and oxygen atoms in total. The van der Waals surface area contributed by atoms with Crippen LogP contribution in [0.3, 0.4) is 0 Å². The van der Waals surface area contributed by atoms with Crippen LogP contribution in [-0.2, 0) is 0 Å². The fraction of sp³-hybridized carbons (Fsp3) is 0.0426. The summed E-state index contributed by atoms with van der Waals surface area (Å²) in [5.41, 5.74) is 15.8. The molecule has 0 saturated heterocycles. The van der Waals surface area contributed by atoms with Crippen LogP contribution in [0.25, 0.3) is 56.2 Å². The van der Waals surface area contributed by atoms with E-state index >= 15 is 0 Å². The van der Waals surface area contributed by atoms with Crippen molar-refractivity contribution in [2.45, 2.75) is 11.8 Å².